The number of carbonyl (C=O) groups excluding carboxylic acids is 1. The number of para-hydroxylation sites is 2. The van der Waals surface area contributed by atoms with Gasteiger partial charge in [-0.25, -0.2) is 0 Å². The van der Waals surface area contributed by atoms with Gasteiger partial charge in [0.2, 0.25) is 5.91 Å². The molecule has 1 aromatic heterocycles. The fourth-order valence-corrected chi connectivity index (χ4v) is 2.42. The number of ether oxygens (including phenoxy) is 1. The highest BCUT2D eigenvalue weighted by Gasteiger charge is 2.07. The smallest absolute Gasteiger partial charge is 0.227 e. The van der Waals surface area contributed by atoms with Gasteiger partial charge in [-0.1, -0.05) is 41.9 Å². The first-order valence-electron chi connectivity index (χ1n) is 7.25. The topological polar surface area (TPSA) is 51.2 Å². The van der Waals surface area contributed by atoms with E-state index in [4.69, 9.17) is 16.3 Å². The van der Waals surface area contributed by atoms with Crippen LogP contribution in [0.25, 0.3) is 10.9 Å². The summed E-state index contributed by atoms with van der Waals surface area (Å²) in [5.74, 6) is 0.448. The van der Waals surface area contributed by atoms with Gasteiger partial charge in [-0.2, -0.15) is 0 Å². The molecular weight excluding hydrogens is 312 g/mol. The lowest BCUT2D eigenvalue weighted by Crippen LogP contribution is -2.15. The van der Waals surface area contributed by atoms with Crippen LogP contribution < -0.4 is 10.1 Å². The minimum Gasteiger partial charge on any atom is -0.491 e. The molecule has 0 bridgehead atoms. The first-order valence-corrected chi connectivity index (χ1v) is 7.63. The van der Waals surface area contributed by atoms with Crippen molar-refractivity contribution in [1.29, 1.82) is 0 Å². The van der Waals surface area contributed by atoms with Crippen LogP contribution in [0.2, 0.25) is 5.02 Å². The maximum Gasteiger partial charge on any atom is 0.227 e. The first kappa shape index (κ1) is 15.3. The first-order chi connectivity index (χ1) is 11.2. The average molecular weight is 327 g/mol. The van der Waals surface area contributed by atoms with Crippen LogP contribution in [-0.4, -0.2) is 17.5 Å². The summed E-state index contributed by atoms with van der Waals surface area (Å²) in [6.07, 6.45) is 1.94. The molecule has 2 aromatic carbocycles. The Labute approximate surface area is 139 Å². The number of nitrogens with zero attached hydrogens (tertiary/aromatic N) is 1. The highest BCUT2D eigenvalue weighted by Crippen LogP contribution is 2.23. The quantitative estimate of drug-likeness (QED) is 0.760. The van der Waals surface area contributed by atoms with E-state index in [1.807, 2.05) is 42.5 Å². The molecule has 0 aliphatic rings. The zero-order valence-electron chi connectivity index (χ0n) is 12.3. The monoisotopic (exact) mass is 326 g/mol. The Morgan fingerprint density at radius 1 is 1.09 bits per heavy atom. The molecule has 5 heteroatoms. The van der Waals surface area contributed by atoms with Crippen molar-refractivity contribution >= 4 is 34.1 Å². The second-order valence-corrected chi connectivity index (χ2v) is 5.36. The Balaban J connectivity index is 1.60. The van der Waals surface area contributed by atoms with Crippen molar-refractivity contribution in [2.45, 2.75) is 6.42 Å². The fraction of sp³-hybridized carbons (Fsp3) is 0.111. The Morgan fingerprint density at radius 3 is 2.78 bits per heavy atom. The molecule has 0 unspecified atom stereocenters. The SMILES string of the molecule is O=C(CCOc1ccccc1Cl)Nc1cccc2cccnc12. The molecule has 116 valence electrons. The van der Waals surface area contributed by atoms with Gasteiger partial charge in [-0.15, -0.1) is 0 Å². The summed E-state index contributed by atoms with van der Waals surface area (Å²) in [7, 11) is 0. The van der Waals surface area contributed by atoms with Crippen molar-refractivity contribution in [1.82, 2.24) is 4.98 Å². The fourth-order valence-electron chi connectivity index (χ4n) is 2.23. The predicted octanol–water partition coefficient (Wildman–Crippen LogP) is 4.30. The van der Waals surface area contributed by atoms with Crippen LogP contribution in [0.1, 0.15) is 6.42 Å². The van der Waals surface area contributed by atoms with Crippen LogP contribution in [0.5, 0.6) is 5.75 Å². The van der Waals surface area contributed by atoms with E-state index in [1.54, 1.807) is 18.3 Å². The minimum atomic E-state index is -0.129. The predicted molar refractivity (Wildman–Crippen MR) is 91.9 cm³/mol. The lowest BCUT2D eigenvalue weighted by atomic mass is 10.2. The Bertz CT molecular complexity index is 831. The molecule has 1 N–H and O–H groups in total. The summed E-state index contributed by atoms with van der Waals surface area (Å²) < 4.78 is 5.52. The van der Waals surface area contributed by atoms with Gasteiger partial charge in [0.05, 0.1) is 29.3 Å². The van der Waals surface area contributed by atoms with E-state index < -0.39 is 0 Å². The van der Waals surface area contributed by atoms with E-state index in [9.17, 15) is 4.79 Å². The number of carbonyl (C=O) groups is 1. The number of hydrogen-bond acceptors (Lipinski definition) is 3. The molecule has 0 radical (unpaired) electrons. The van der Waals surface area contributed by atoms with Crippen molar-refractivity contribution in [3.05, 3.63) is 65.8 Å². The summed E-state index contributed by atoms with van der Waals surface area (Å²) in [5.41, 5.74) is 1.47. The second-order valence-electron chi connectivity index (χ2n) is 4.96. The van der Waals surface area contributed by atoms with Crippen molar-refractivity contribution in [2.75, 3.05) is 11.9 Å². The third kappa shape index (κ3) is 3.79. The molecule has 4 nitrogen and oxygen atoms in total. The number of aromatic nitrogens is 1. The second kappa shape index (κ2) is 7.11. The van der Waals surface area contributed by atoms with E-state index in [0.29, 0.717) is 16.5 Å². The van der Waals surface area contributed by atoms with E-state index in [-0.39, 0.29) is 18.9 Å². The molecule has 0 atom stereocenters. The molecule has 1 amide bonds. The number of benzene rings is 2. The van der Waals surface area contributed by atoms with Crippen LogP contribution >= 0.6 is 11.6 Å². The highest BCUT2D eigenvalue weighted by atomic mass is 35.5. The van der Waals surface area contributed by atoms with Crippen molar-refractivity contribution in [3.63, 3.8) is 0 Å². The van der Waals surface area contributed by atoms with Crippen molar-refractivity contribution in [3.8, 4) is 5.75 Å². The van der Waals surface area contributed by atoms with Crippen molar-refractivity contribution in [2.24, 2.45) is 0 Å². The Morgan fingerprint density at radius 2 is 1.91 bits per heavy atom. The number of pyridine rings is 1. The zero-order valence-corrected chi connectivity index (χ0v) is 13.1. The molecule has 0 spiro atoms. The third-order valence-electron chi connectivity index (χ3n) is 3.33. The minimum absolute atomic E-state index is 0.129. The normalized spacial score (nSPS) is 10.5. The van der Waals surface area contributed by atoms with Gasteiger partial charge in [0, 0.05) is 11.6 Å². The molecule has 0 aliphatic carbocycles. The number of nitrogens with one attached hydrogen (secondary N) is 1. The van der Waals surface area contributed by atoms with Gasteiger partial charge in [0.15, 0.2) is 0 Å². The Hall–Kier alpha value is -2.59. The molecule has 3 aromatic rings. The van der Waals surface area contributed by atoms with Crippen LogP contribution in [-0.2, 0) is 4.79 Å². The van der Waals surface area contributed by atoms with Gasteiger partial charge in [0.25, 0.3) is 0 Å². The molecule has 0 saturated heterocycles. The number of rotatable bonds is 5. The van der Waals surface area contributed by atoms with E-state index in [2.05, 4.69) is 10.3 Å². The number of amides is 1. The maximum atomic E-state index is 12.1. The highest BCUT2D eigenvalue weighted by molar-refractivity contribution is 6.32. The molecule has 3 rings (SSSR count). The van der Waals surface area contributed by atoms with Crippen LogP contribution in [0.3, 0.4) is 0 Å². The van der Waals surface area contributed by atoms with Gasteiger partial charge < -0.3 is 10.1 Å². The molecule has 0 saturated carbocycles. The average Bonchev–Trinajstić information content (AvgIpc) is 2.57. The molecule has 1 heterocycles. The molecule has 23 heavy (non-hydrogen) atoms. The number of fused-ring (bicyclic) bond motifs is 1. The maximum absolute atomic E-state index is 12.1. The van der Waals surface area contributed by atoms with Crippen LogP contribution in [0, 0.1) is 0 Å². The largest absolute Gasteiger partial charge is 0.491 e. The third-order valence-corrected chi connectivity index (χ3v) is 3.64. The summed E-state index contributed by atoms with van der Waals surface area (Å²) in [6, 6.07) is 16.7. The molecular formula is C18H15ClN2O2. The van der Waals surface area contributed by atoms with Gasteiger partial charge in [-0.3, -0.25) is 9.78 Å². The van der Waals surface area contributed by atoms with Gasteiger partial charge >= 0.3 is 0 Å². The molecule has 0 fully saturated rings. The van der Waals surface area contributed by atoms with E-state index in [1.165, 1.54) is 0 Å². The van der Waals surface area contributed by atoms with E-state index >= 15 is 0 Å². The number of halogens is 1. The summed E-state index contributed by atoms with van der Waals surface area (Å²) >= 11 is 6.00. The Kier molecular flexibility index (Phi) is 4.74. The standard InChI is InChI=1S/C18H15ClN2O2/c19-14-7-1-2-9-16(14)23-12-10-17(22)21-15-8-3-5-13-6-4-11-20-18(13)15/h1-9,11H,10,12H2,(H,21,22). The van der Waals surface area contributed by atoms with Crippen LogP contribution in [0.15, 0.2) is 60.8 Å². The number of anilines is 1. The van der Waals surface area contributed by atoms with Crippen LogP contribution in [0.4, 0.5) is 5.69 Å². The molecule has 0 aliphatic heterocycles. The van der Waals surface area contributed by atoms with Gasteiger partial charge in [-0.05, 0) is 24.3 Å². The van der Waals surface area contributed by atoms with E-state index in [0.717, 1.165) is 10.9 Å². The lowest BCUT2D eigenvalue weighted by Gasteiger charge is -2.09. The van der Waals surface area contributed by atoms with Crippen molar-refractivity contribution < 1.29 is 9.53 Å². The zero-order chi connectivity index (χ0) is 16.1. The van der Waals surface area contributed by atoms with Gasteiger partial charge in [0.1, 0.15) is 5.75 Å². The number of hydrogen-bond donors (Lipinski definition) is 1. The summed E-state index contributed by atoms with van der Waals surface area (Å²) in [6.45, 7) is 0.258. The lowest BCUT2D eigenvalue weighted by molar-refractivity contribution is -0.116. The summed E-state index contributed by atoms with van der Waals surface area (Å²) in [4.78, 5) is 16.4. The summed E-state index contributed by atoms with van der Waals surface area (Å²) in [5, 5.41) is 4.39.